The molecule has 0 bridgehead atoms. The lowest BCUT2D eigenvalue weighted by Crippen LogP contribution is -2.34. The van der Waals surface area contributed by atoms with Crippen molar-refractivity contribution >= 4 is 5.91 Å². The molecule has 5 heteroatoms. The number of β-amino-alcohol motifs (C(OH)–C–C–N with tert-alkyl or cyclic N) is 2. The summed E-state index contributed by atoms with van der Waals surface area (Å²) in [5.74, 6) is 0.798. The zero-order chi connectivity index (χ0) is 14.7. The molecule has 1 aliphatic heterocycles. The first-order chi connectivity index (χ1) is 9.49. The molecule has 110 valence electrons. The maximum absolute atomic E-state index is 12.0. The number of carbonyl (C=O) groups excluding carboxylic acids is 1. The van der Waals surface area contributed by atoms with Gasteiger partial charge in [0.05, 0.1) is 12.2 Å². The number of likely N-dealkylation sites (tertiary alicyclic amines) is 1. The highest BCUT2D eigenvalue weighted by atomic mass is 16.5. The number of hydrogen-bond acceptors (Lipinski definition) is 4. The Kier molecular flexibility index (Phi) is 4.62. The van der Waals surface area contributed by atoms with E-state index in [-0.39, 0.29) is 25.6 Å². The van der Waals surface area contributed by atoms with Crippen LogP contribution in [-0.2, 0) is 4.79 Å². The van der Waals surface area contributed by atoms with Gasteiger partial charge in [-0.25, -0.2) is 0 Å². The number of rotatable bonds is 4. The summed E-state index contributed by atoms with van der Waals surface area (Å²) in [6.45, 7) is 4.38. The van der Waals surface area contributed by atoms with E-state index in [9.17, 15) is 15.0 Å². The molecule has 2 rings (SSSR count). The molecular formula is C15H21NO4. The van der Waals surface area contributed by atoms with Gasteiger partial charge in [0, 0.05) is 13.1 Å². The molecule has 2 atom stereocenters. The molecule has 0 radical (unpaired) electrons. The highest BCUT2D eigenvalue weighted by Gasteiger charge is 2.32. The van der Waals surface area contributed by atoms with E-state index in [4.69, 9.17) is 4.74 Å². The number of aliphatic hydroxyl groups excluding tert-OH is 2. The van der Waals surface area contributed by atoms with Crippen LogP contribution < -0.4 is 4.74 Å². The van der Waals surface area contributed by atoms with E-state index < -0.39 is 12.2 Å². The largest absolute Gasteiger partial charge is 0.483 e. The summed E-state index contributed by atoms with van der Waals surface area (Å²) < 4.78 is 5.59. The molecule has 1 heterocycles. The van der Waals surface area contributed by atoms with Crippen molar-refractivity contribution in [2.24, 2.45) is 0 Å². The lowest BCUT2D eigenvalue weighted by molar-refractivity contribution is -0.132. The average Bonchev–Trinajstić information content (AvgIpc) is 2.76. The Morgan fingerprint density at radius 1 is 1.30 bits per heavy atom. The molecule has 0 aromatic heterocycles. The number of amides is 1. The van der Waals surface area contributed by atoms with Gasteiger partial charge in [-0.05, 0) is 17.5 Å². The summed E-state index contributed by atoms with van der Waals surface area (Å²) in [5.41, 5.74) is 1.06. The molecular weight excluding hydrogens is 258 g/mol. The molecule has 1 fully saturated rings. The number of nitrogens with zero attached hydrogens (tertiary/aromatic N) is 1. The second-order valence-corrected chi connectivity index (χ2v) is 5.41. The molecule has 20 heavy (non-hydrogen) atoms. The molecule has 0 spiro atoms. The van der Waals surface area contributed by atoms with Crippen LogP contribution in [0.25, 0.3) is 0 Å². The van der Waals surface area contributed by atoms with Gasteiger partial charge in [-0.2, -0.15) is 0 Å². The molecule has 2 unspecified atom stereocenters. The van der Waals surface area contributed by atoms with Crippen LogP contribution in [0, 0.1) is 0 Å². The topological polar surface area (TPSA) is 70.0 Å². The van der Waals surface area contributed by atoms with Crippen LogP contribution in [0.1, 0.15) is 25.3 Å². The van der Waals surface area contributed by atoms with Crippen LogP contribution in [0.2, 0.25) is 0 Å². The predicted molar refractivity (Wildman–Crippen MR) is 74.6 cm³/mol. The molecule has 0 aliphatic carbocycles. The Balaban J connectivity index is 1.94. The third-order valence-corrected chi connectivity index (χ3v) is 3.50. The normalized spacial score (nSPS) is 22.4. The van der Waals surface area contributed by atoms with E-state index in [0.29, 0.717) is 11.7 Å². The van der Waals surface area contributed by atoms with E-state index in [1.807, 2.05) is 24.3 Å². The van der Waals surface area contributed by atoms with Gasteiger partial charge < -0.3 is 19.8 Å². The number of benzene rings is 1. The van der Waals surface area contributed by atoms with Crippen molar-refractivity contribution in [2.75, 3.05) is 19.7 Å². The maximum atomic E-state index is 12.0. The van der Waals surface area contributed by atoms with Gasteiger partial charge in [-0.1, -0.05) is 32.0 Å². The fourth-order valence-corrected chi connectivity index (χ4v) is 2.29. The van der Waals surface area contributed by atoms with Crippen molar-refractivity contribution in [3.05, 3.63) is 29.8 Å². The van der Waals surface area contributed by atoms with Crippen LogP contribution in [0.5, 0.6) is 5.75 Å². The van der Waals surface area contributed by atoms with Crippen molar-refractivity contribution < 1.29 is 19.7 Å². The van der Waals surface area contributed by atoms with E-state index in [0.717, 1.165) is 5.56 Å². The Hall–Kier alpha value is -1.59. The molecule has 2 N–H and O–H groups in total. The van der Waals surface area contributed by atoms with Crippen molar-refractivity contribution in [2.45, 2.75) is 32.0 Å². The zero-order valence-corrected chi connectivity index (χ0v) is 11.8. The van der Waals surface area contributed by atoms with Crippen molar-refractivity contribution in [1.29, 1.82) is 0 Å². The minimum atomic E-state index is -0.859. The fraction of sp³-hybridized carbons (Fsp3) is 0.533. The second kappa shape index (κ2) is 6.24. The first-order valence-corrected chi connectivity index (χ1v) is 6.84. The maximum Gasteiger partial charge on any atom is 0.260 e. The Morgan fingerprint density at radius 3 is 2.50 bits per heavy atom. The Labute approximate surface area is 118 Å². The van der Waals surface area contributed by atoms with E-state index in [1.165, 1.54) is 4.90 Å². The van der Waals surface area contributed by atoms with Gasteiger partial charge in [0.1, 0.15) is 5.75 Å². The number of ether oxygens (including phenoxy) is 1. The van der Waals surface area contributed by atoms with Gasteiger partial charge in [0.2, 0.25) is 0 Å². The molecule has 1 amide bonds. The van der Waals surface area contributed by atoms with Crippen molar-refractivity contribution in [1.82, 2.24) is 4.90 Å². The summed E-state index contributed by atoms with van der Waals surface area (Å²) in [6.07, 6.45) is -1.72. The fourth-order valence-electron chi connectivity index (χ4n) is 2.29. The summed E-state index contributed by atoms with van der Waals surface area (Å²) >= 11 is 0. The second-order valence-electron chi connectivity index (χ2n) is 5.41. The Bertz CT molecular complexity index is 465. The number of para-hydroxylation sites is 1. The highest BCUT2D eigenvalue weighted by molar-refractivity contribution is 5.78. The summed E-state index contributed by atoms with van der Waals surface area (Å²) in [6, 6.07) is 7.64. The third-order valence-electron chi connectivity index (χ3n) is 3.50. The van der Waals surface area contributed by atoms with Crippen LogP contribution in [0.4, 0.5) is 0 Å². The van der Waals surface area contributed by atoms with Gasteiger partial charge in [0.15, 0.2) is 6.61 Å². The highest BCUT2D eigenvalue weighted by Crippen LogP contribution is 2.25. The summed E-state index contributed by atoms with van der Waals surface area (Å²) in [7, 11) is 0. The summed E-state index contributed by atoms with van der Waals surface area (Å²) in [5, 5.41) is 18.9. The lowest BCUT2D eigenvalue weighted by atomic mass is 10.0. The smallest absolute Gasteiger partial charge is 0.260 e. The van der Waals surface area contributed by atoms with E-state index in [1.54, 1.807) is 0 Å². The van der Waals surface area contributed by atoms with Crippen molar-refractivity contribution in [3.63, 3.8) is 0 Å². The summed E-state index contributed by atoms with van der Waals surface area (Å²) in [4.78, 5) is 13.4. The quantitative estimate of drug-likeness (QED) is 0.853. The standard InChI is InChI=1S/C15H21NO4/c1-10(2)11-5-3-4-6-14(11)20-9-15(19)16-7-12(17)13(18)8-16/h3-6,10,12-13,17-18H,7-9H2,1-2H3. The molecule has 1 aromatic rings. The van der Waals surface area contributed by atoms with Crippen LogP contribution in [0.15, 0.2) is 24.3 Å². The average molecular weight is 279 g/mol. The third kappa shape index (κ3) is 3.29. The molecule has 1 saturated heterocycles. The number of aliphatic hydroxyl groups is 2. The minimum Gasteiger partial charge on any atom is -0.483 e. The van der Waals surface area contributed by atoms with Crippen molar-refractivity contribution in [3.8, 4) is 5.75 Å². The minimum absolute atomic E-state index is 0.0802. The van der Waals surface area contributed by atoms with E-state index in [2.05, 4.69) is 13.8 Å². The van der Waals surface area contributed by atoms with Gasteiger partial charge in [-0.3, -0.25) is 4.79 Å². The van der Waals surface area contributed by atoms with Crippen LogP contribution in [-0.4, -0.2) is 52.9 Å². The van der Waals surface area contributed by atoms with Crippen LogP contribution in [0.3, 0.4) is 0 Å². The Morgan fingerprint density at radius 2 is 1.90 bits per heavy atom. The lowest BCUT2D eigenvalue weighted by Gasteiger charge is -2.17. The number of hydrogen-bond donors (Lipinski definition) is 2. The zero-order valence-electron chi connectivity index (χ0n) is 11.8. The predicted octanol–water partition coefficient (Wildman–Crippen LogP) is 0.753. The molecule has 1 aliphatic rings. The first-order valence-electron chi connectivity index (χ1n) is 6.84. The molecule has 5 nitrogen and oxygen atoms in total. The number of carbonyl (C=O) groups is 1. The SMILES string of the molecule is CC(C)c1ccccc1OCC(=O)N1CC(O)C(O)C1. The van der Waals surface area contributed by atoms with Gasteiger partial charge in [0.25, 0.3) is 5.91 Å². The first kappa shape index (κ1) is 14.8. The van der Waals surface area contributed by atoms with Gasteiger partial charge in [-0.15, -0.1) is 0 Å². The monoisotopic (exact) mass is 279 g/mol. The van der Waals surface area contributed by atoms with Gasteiger partial charge >= 0.3 is 0 Å². The molecule has 0 saturated carbocycles. The molecule has 1 aromatic carbocycles. The van der Waals surface area contributed by atoms with Crippen LogP contribution >= 0.6 is 0 Å². The van der Waals surface area contributed by atoms with E-state index >= 15 is 0 Å².